The molecular formula is C15H17O2P. The van der Waals surface area contributed by atoms with E-state index in [4.69, 9.17) is 4.74 Å². The maximum Gasteiger partial charge on any atom is 0.167 e. The van der Waals surface area contributed by atoms with E-state index in [1.807, 2.05) is 61.5 Å². The summed E-state index contributed by atoms with van der Waals surface area (Å²) in [4.78, 5) is 0. The molecule has 0 aliphatic heterocycles. The van der Waals surface area contributed by atoms with Crippen molar-refractivity contribution in [2.45, 2.75) is 6.92 Å². The zero-order chi connectivity index (χ0) is 13.0. The molecule has 0 radical (unpaired) electrons. The smallest absolute Gasteiger partial charge is 0.167 e. The van der Waals surface area contributed by atoms with E-state index in [2.05, 4.69) is 0 Å². The molecule has 0 amide bonds. The second kappa shape index (κ2) is 5.51. The molecule has 1 unspecified atom stereocenters. The summed E-state index contributed by atoms with van der Waals surface area (Å²) in [5.41, 5.74) is 1.16. The van der Waals surface area contributed by atoms with Gasteiger partial charge in [0.1, 0.15) is 6.35 Å². The van der Waals surface area contributed by atoms with Crippen LogP contribution in [0.15, 0.2) is 54.6 Å². The van der Waals surface area contributed by atoms with Gasteiger partial charge in [-0.15, -0.1) is 0 Å². The maximum atomic E-state index is 13.2. The van der Waals surface area contributed by atoms with Crippen LogP contribution in [0.5, 0.6) is 0 Å². The minimum Gasteiger partial charge on any atom is -0.376 e. The van der Waals surface area contributed by atoms with Crippen LogP contribution in [0.25, 0.3) is 0 Å². The van der Waals surface area contributed by atoms with Crippen molar-refractivity contribution in [2.75, 3.05) is 13.5 Å². The summed E-state index contributed by atoms with van der Waals surface area (Å²) in [7, 11) is -1.08. The van der Waals surface area contributed by atoms with E-state index in [0.717, 1.165) is 16.2 Å². The fraction of sp³-hybridized carbons (Fsp3) is 0.200. The second-order valence-electron chi connectivity index (χ2n) is 4.33. The molecular weight excluding hydrogens is 243 g/mol. The van der Waals surface area contributed by atoms with Gasteiger partial charge in [0.05, 0.1) is 0 Å². The number of methoxy groups -OCH3 is 1. The molecule has 3 heteroatoms. The Morgan fingerprint density at radius 1 is 0.944 bits per heavy atom. The number of benzene rings is 2. The van der Waals surface area contributed by atoms with Gasteiger partial charge < -0.3 is 9.30 Å². The molecule has 2 rings (SSSR count). The topological polar surface area (TPSA) is 26.3 Å². The van der Waals surface area contributed by atoms with E-state index in [1.54, 1.807) is 7.11 Å². The SMILES string of the molecule is COCP(=O)(c1ccccc1)c1ccc(C)cc1. The molecule has 0 bridgehead atoms. The molecule has 0 saturated heterocycles. The van der Waals surface area contributed by atoms with Crippen molar-refractivity contribution in [1.82, 2.24) is 0 Å². The highest BCUT2D eigenvalue weighted by atomic mass is 31.2. The molecule has 0 saturated carbocycles. The Morgan fingerprint density at radius 3 is 2.06 bits per heavy atom. The van der Waals surface area contributed by atoms with Crippen LogP contribution in [-0.4, -0.2) is 13.5 Å². The quantitative estimate of drug-likeness (QED) is 0.790. The Kier molecular flexibility index (Phi) is 4.00. The van der Waals surface area contributed by atoms with Crippen LogP contribution in [-0.2, 0) is 9.30 Å². The Balaban J connectivity index is 2.51. The number of hydrogen-bond acceptors (Lipinski definition) is 2. The van der Waals surface area contributed by atoms with Crippen molar-refractivity contribution in [3.05, 3.63) is 60.2 Å². The van der Waals surface area contributed by atoms with Gasteiger partial charge >= 0.3 is 0 Å². The molecule has 2 aromatic carbocycles. The highest BCUT2D eigenvalue weighted by Crippen LogP contribution is 2.42. The fourth-order valence-corrected chi connectivity index (χ4v) is 4.18. The lowest BCUT2D eigenvalue weighted by molar-refractivity contribution is 0.251. The average molecular weight is 260 g/mol. The number of hydrogen-bond donors (Lipinski definition) is 0. The van der Waals surface area contributed by atoms with E-state index in [9.17, 15) is 4.57 Å². The fourth-order valence-electron chi connectivity index (χ4n) is 1.93. The average Bonchev–Trinajstić information content (AvgIpc) is 2.40. The van der Waals surface area contributed by atoms with E-state index in [1.165, 1.54) is 0 Å². The summed E-state index contributed by atoms with van der Waals surface area (Å²) < 4.78 is 18.4. The van der Waals surface area contributed by atoms with Gasteiger partial charge in [0.25, 0.3) is 0 Å². The molecule has 18 heavy (non-hydrogen) atoms. The van der Waals surface area contributed by atoms with Crippen molar-refractivity contribution in [1.29, 1.82) is 0 Å². The first-order valence-corrected chi connectivity index (χ1v) is 7.77. The summed E-state index contributed by atoms with van der Waals surface area (Å²) in [6, 6.07) is 17.4. The van der Waals surface area contributed by atoms with Crippen molar-refractivity contribution in [3.63, 3.8) is 0 Å². The van der Waals surface area contributed by atoms with Gasteiger partial charge in [-0.25, -0.2) is 0 Å². The van der Waals surface area contributed by atoms with Crippen LogP contribution in [0.1, 0.15) is 5.56 Å². The molecule has 0 aliphatic carbocycles. The van der Waals surface area contributed by atoms with Crippen molar-refractivity contribution >= 4 is 17.8 Å². The summed E-state index contributed by atoms with van der Waals surface area (Å²) in [6.45, 7) is 2.02. The Bertz CT molecular complexity index is 546. The molecule has 2 nitrogen and oxygen atoms in total. The van der Waals surface area contributed by atoms with Gasteiger partial charge in [-0.2, -0.15) is 0 Å². The highest BCUT2D eigenvalue weighted by molar-refractivity contribution is 7.78. The molecule has 0 N–H and O–H groups in total. The molecule has 0 aliphatic rings. The lowest BCUT2D eigenvalue weighted by Gasteiger charge is -2.18. The maximum absolute atomic E-state index is 13.2. The minimum atomic E-state index is -2.67. The van der Waals surface area contributed by atoms with Crippen LogP contribution in [0.3, 0.4) is 0 Å². The first-order valence-electron chi connectivity index (χ1n) is 5.87. The summed E-state index contributed by atoms with van der Waals surface area (Å²) >= 11 is 0. The van der Waals surface area contributed by atoms with Crippen LogP contribution in [0, 0.1) is 6.92 Å². The Hall–Kier alpha value is -1.37. The van der Waals surface area contributed by atoms with Crippen LogP contribution >= 0.6 is 7.14 Å². The molecule has 94 valence electrons. The number of rotatable bonds is 4. The third-order valence-corrected chi connectivity index (χ3v) is 5.82. The summed E-state index contributed by atoms with van der Waals surface area (Å²) in [5, 5.41) is 1.69. The van der Waals surface area contributed by atoms with Crippen LogP contribution < -0.4 is 10.6 Å². The first kappa shape index (κ1) is 13.1. The first-order chi connectivity index (χ1) is 8.66. The van der Waals surface area contributed by atoms with E-state index < -0.39 is 7.14 Å². The van der Waals surface area contributed by atoms with Crippen LogP contribution in [0.2, 0.25) is 0 Å². The zero-order valence-corrected chi connectivity index (χ0v) is 11.6. The lowest BCUT2D eigenvalue weighted by Crippen LogP contribution is -2.19. The normalized spacial score (nSPS) is 14.1. The Labute approximate surface area is 108 Å². The predicted octanol–water partition coefficient (Wildman–Crippen LogP) is 2.91. The van der Waals surface area contributed by atoms with Crippen molar-refractivity contribution < 1.29 is 9.30 Å². The summed E-state index contributed by atoms with van der Waals surface area (Å²) in [6.07, 6.45) is 0.236. The zero-order valence-electron chi connectivity index (χ0n) is 10.7. The second-order valence-corrected chi connectivity index (χ2v) is 7.10. The molecule has 1 atom stereocenters. The number of ether oxygens (including phenoxy) is 1. The van der Waals surface area contributed by atoms with Crippen molar-refractivity contribution in [3.8, 4) is 0 Å². The third kappa shape index (κ3) is 2.55. The van der Waals surface area contributed by atoms with Gasteiger partial charge in [-0.1, -0.05) is 60.2 Å². The van der Waals surface area contributed by atoms with E-state index in [0.29, 0.717) is 0 Å². The molecule has 0 aromatic heterocycles. The third-order valence-electron chi connectivity index (χ3n) is 2.94. The number of aryl methyl sites for hydroxylation is 1. The molecule has 2 aromatic rings. The molecule has 0 fully saturated rings. The lowest BCUT2D eigenvalue weighted by atomic mass is 10.2. The van der Waals surface area contributed by atoms with E-state index in [-0.39, 0.29) is 6.35 Å². The standard InChI is InChI=1S/C15H17O2P/c1-13-8-10-15(11-9-13)18(16,12-17-2)14-6-4-3-5-7-14/h3-11H,12H2,1-2H3. The van der Waals surface area contributed by atoms with Crippen molar-refractivity contribution in [2.24, 2.45) is 0 Å². The van der Waals surface area contributed by atoms with E-state index >= 15 is 0 Å². The largest absolute Gasteiger partial charge is 0.376 e. The molecule has 0 spiro atoms. The van der Waals surface area contributed by atoms with Crippen LogP contribution in [0.4, 0.5) is 0 Å². The predicted molar refractivity (Wildman–Crippen MR) is 76.4 cm³/mol. The minimum absolute atomic E-state index is 0.236. The van der Waals surface area contributed by atoms with Gasteiger partial charge in [-0.3, -0.25) is 0 Å². The summed E-state index contributed by atoms with van der Waals surface area (Å²) in [5.74, 6) is 0. The van der Waals surface area contributed by atoms with Gasteiger partial charge in [0.15, 0.2) is 7.14 Å². The molecule has 0 heterocycles. The monoisotopic (exact) mass is 260 g/mol. The van der Waals surface area contributed by atoms with Gasteiger partial charge in [0.2, 0.25) is 0 Å². The van der Waals surface area contributed by atoms with Gasteiger partial charge in [-0.05, 0) is 6.92 Å². The van der Waals surface area contributed by atoms with Gasteiger partial charge in [0, 0.05) is 17.7 Å². The Morgan fingerprint density at radius 2 is 1.50 bits per heavy atom. The highest BCUT2D eigenvalue weighted by Gasteiger charge is 2.26.